The molecule has 0 aliphatic heterocycles. The monoisotopic (exact) mass is 409 g/mol. The standard InChI is InChI=1S/C23H27N3O2S/c1-4-15-9-8-10-16(5-2)20(15)25-21(27)14(3)26-13-24-22-19(23(26)28)17-11-6-7-12-18(17)29-22/h8-10,13-14H,4-7,11-12H2,1-3H3,(H,25,27). The number of carbonyl (C=O) groups excluding carboxylic acids is 1. The highest BCUT2D eigenvalue weighted by molar-refractivity contribution is 7.18. The molecule has 6 heteroatoms. The van der Waals surface area contributed by atoms with Crippen LogP contribution in [-0.2, 0) is 30.5 Å². The molecule has 0 radical (unpaired) electrons. The molecule has 152 valence electrons. The summed E-state index contributed by atoms with van der Waals surface area (Å²) in [6, 6.07) is 5.47. The van der Waals surface area contributed by atoms with Crippen molar-refractivity contribution in [1.82, 2.24) is 9.55 Å². The summed E-state index contributed by atoms with van der Waals surface area (Å²) in [5, 5.41) is 3.80. The zero-order valence-electron chi connectivity index (χ0n) is 17.2. The van der Waals surface area contributed by atoms with Crippen LogP contribution in [-0.4, -0.2) is 15.5 Å². The van der Waals surface area contributed by atoms with Crippen LogP contribution in [0.25, 0.3) is 10.2 Å². The number of rotatable bonds is 5. The molecular formula is C23H27N3O2S. The van der Waals surface area contributed by atoms with E-state index in [9.17, 15) is 9.59 Å². The first-order valence-corrected chi connectivity index (χ1v) is 11.3. The van der Waals surface area contributed by atoms with E-state index in [0.29, 0.717) is 0 Å². The Morgan fingerprint density at radius 1 is 1.21 bits per heavy atom. The second kappa shape index (κ2) is 8.11. The molecule has 2 aromatic heterocycles. The van der Waals surface area contributed by atoms with Crippen molar-refractivity contribution >= 4 is 33.1 Å². The van der Waals surface area contributed by atoms with E-state index < -0.39 is 6.04 Å². The van der Waals surface area contributed by atoms with Crippen LogP contribution in [0, 0.1) is 0 Å². The first-order valence-electron chi connectivity index (χ1n) is 10.5. The van der Waals surface area contributed by atoms with E-state index in [1.54, 1.807) is 18.3 Å². The van der Waals surface area contributed by atoms with Gasteiger partial charge in [0, 0.05) is 10.6 Å². The third kappa shape index (κ3) is 3.50. The Balaban J connectivity index is 1.69. The van der Waals surface area contributed by atoms with Crippen molar-refractivity contribution < 1.29 is 4.79 Å². The van der Waals surface area contributed by atoms with Gasteiger partial charge in [0.2, 0.25) is 5.91 Å². The van der Waals surface area contributed by atoms with Crippen LogP contribution in [0.5, 0.6) is 0 Å². The normalized spacial score (nSPS) is 14.6. The number of thiophene rings is 1. The second-order valence-corrected chi connectivity index (χ2v) is 8.76. The highest BCUT2D eigenvalue weighted by Crippen LogP contribution is 2.33. The summed E-state index contributed by atoms with van der Waals surface area (Å²) < 4.78 is 1.49. The van der Waals surface area contributed by atoms with Gasteiger partial charge in [-0.15, -0.1) is 11.3 Å². The average Bonchev–Trinajstić information content (AvgIpc) is 3.13. The molecule has 4 rings (SSSR count). The molecule has 0 bridgehead atoms. The molecule has 0 spiro atoms. The van der Waals surface area contributed by atoms with Crippen LogP contribution >= 0.6 is 11.3 Å². The van der Waals surface area contributed by atoms with Crippen molar-refractivity contribution in [3.05, 3.63) is 56.4 Å². The van der Waals surface area contributed by atoms with E-state index >= 15 is 0 Å². The first-order chi connectivity index (χ1) is 14.0. The molecule has 0 saturated heterocycles. The summed E-state index contributed by atoms with van der Waals surface area (Å²) in [4.78, 5) is 32.9. The molecule has 0 fully saturated rings. The molecule has 1 N–H and O–H groups in total. The zero-order chi connectivity index (χ0) is 20.5. The number of para-hydroxylation sites is 1. The molecule has 0 saturated carbocycles. The zero-order valence-corrected chi connectivity index (χ0v) is 18.1. The molecule has 2 heterocycles. The van der Waals surface area contributed by atoms with Crippen molar-refractivity contribution in [3.63, 3.8) is 0 Å². The van der Waals surface area contributed by atoms with Crippen molar-refractivity contribution in [1.29, 1.82) is 0 Å². The topological polar surface area (TPSA) is 64.0 Å². The van der Waals surface area contributed by atoms with Gasteiger partial charge in [-0.3, -0.25) is 14.2 Å². The highest BCUT2D eigenvalue weighted by Gasteiger charge is 2.24. The lowest BCUT2D eigenvalue weighted by Gasteiger charge is -2.19. The van der Waals surface area contributed by atoms with Crippen LogP contribution < -0.4 is 10.9 Å². The fraction of sp³-hybridized carbons (Fsp3) is 0.435. The van der Waals surface area contributed by atoms with E-state index in [1.165, 1.54) is 22.2 Å². The molecule has 1 aromatic carbocycles. The van der Waals surface area contributed by atoms with Crippen LogP contribution in [0.15, 0.2) is 29.3 Å². The van der Waals surface area contributed by atoms with Crippen molar-refractivity contribution in [2.75, 3.05) is 5.32 Å². The summed E-state index contributed by atoms with van der Waals surface area (Å²) in [6.45, 7) is 5.93. The summed E-state index contributed by atoms with van der Waals surface area (Å²) in [5.74, 6) is -0.187. The fourth-order valence-electron chi connectivity index (χ4n) is 4.19. The predicted octanol–water partition coefficient (Wildman–Crippen LogP) is 4.66. The number of fused-ring (bicyclic) bond motifs is 3. The molecule has 5 nitrogen and oxygen atoms in total. The van der Waals surface area contributed by atoms with Gasteiger partial charge in [-0.25, -0.2) is 4.98 Å². The highest BCUT2D eigenvalue weighted by atomic mass is 32.1. The number of hydrogen-bond acceptors (Lipinski definition) is 4. The minimum atomic E-state index is -0.631. The van der Waals surface area contributed by atoms with Gasteiger partial charge in [-0.1, -0.05) is 32.0 Å². The number of benzene rings is 1. The molecule has 1 amide bonds. The maximum atomic E-state index is 13.3. The number of nitrogens with zero attached hydrogens (tertiary/aromatic N) is 2. The van der Waals surface area contributed by atoms with E-state index in [-0.39, 0.29) is 11.5 Å². The van der Waals surface area contributed by atoms with Crippen LogP contribution in [0.1, 0.15) is 61.2 Å². The minimum absolute atomic E-state index is 0.100. The Bertz CT molecular complexity index is 1110. The molecule has 3 aromatic rings. The molecule has 1 aliphatic carbocycles. The van der Waals surface area contributed by atoms with Crippen LogP contribution in [0.2, 0.25) is 0 Å². The van der Waals surface area contributed by atoms with Gasteiger partial charge in [0.15, 0.2) is 0 Å². The molecule has 1 atom stereocenters. The van der Waals surface area contributed by atoms with Crippen molar-refractivity contribution in [2.45, 2.75) is 65.3 Å². The maximum Gasteiger partial charge on any atom is 0.263 e. The second-order valence-electron chi connectivity index (χ2n) is 7.67. The quantitative estimate of drug-likeness (QED) is 0.666. The van der Waals surface area contributed by atoms with Crippen molar-refractivity contribution in [2.24, 2.45) is 0 Å². The summed E-state index contributed by atoms with van der Waals surface area (Å²) in [5.41, 5.74) is 4.15. The van der Waals surface area contributed by atoms with Crippen molar-refractivity contribution in [3.8, 4) is 0 Å². The third-order valence-corrected chi connectivity index (χ3v) is 7.14. The predicted molar refractivity (Wildman–Crippen MR) is 119 cm³/mol. The lowest BCUT2D eigenvalue weighted by Crippen LogP contribution is -2.32. The van der Waals surface area contributed by atoms with E-state index in [2.05, 4.69) is 24.1 Å². The number of amides is 1. The maximum absolute atomic E-state index is 13.3. The van der Waals surface area contributed by atoms with E-state index in [0.717, 1.165) is 64.7 Å². The van der Waals surface area contributed by atoms with Gasteiger partial charge in [-0.05, 0) is 62.1 Å². The number of nitrogens with one attached hydrogen (secondary N) is 1. The third-order valence-electron chi connectivity index (χ3n) is 5.94. The van der Waals surface area contributed by atoms with Gasteiger partial charge in [0.25, 0.3) is 5.56 Å². The average molecular weight is 410 g/mol. The van der Waals surface area contributed by atoms with Gasteiger partial charge in [0.05, 0.1) is 11.7 Å². The Kier molecular flexibility index (Phi) is 5.54. The molecular weight excluding hydrogens is 382 g/mol. The number of anilines is 1. The summed E-state index contributed by atoms with van der Waals surface area (Å²) in [7, 11) is 0. The minimum Gasteiger partial charge on any atom is -0.324 e. The Labute approximate surface area is 174 Å². The Hall–Kier alpha value is -2.47. The molecule has 1 aliphatic rings. The van der Waals surface area contributed by atoms with Crippen LogP contribution in [0.3, 0.4) is 0 Å². The molecule has 1 unspecified atom stereocenters. The lowest BCUT2D eigenvalue weighted by atomic mass is 9.97. The lowest BCUT2D eigenvalue weighted by molar-refractivity contribution is -0.118. The van der Waals surface area contributed by atoms with E-state index in [1.807, 2.05) is 18.2 Å². The number of carbonyl (C=O) groups is 1. The largest absolute Gasteiger partial charge is 0.324 e. The number of hydrogen-bond donors (Lipinski definition) is 1. The summed E-state index contributed by atoms with van der Waals surface area (Å²) >= 11 is 1.63. The van der Waals surface area contributed by atoms with Gasteiger partial charge in [-0.2, -0.15) is 0 Å². The van der Waals surface area contributed by atoms with Gasteiger partial charge >= 0.3 is 0 Å². The fourth-order valence-corrected chi connectivity index (χ4v) is 5.41. The SMILES string of the molecule is CCc1cccc(CC)c1NC(=O)C(C)n1cnc2sc3c(c2c1=O)CCCC3. The van der Waals surface area contributed by atoms with Gasteiger partial charge in [0.1, 0.15) is 10.9 Å². The number of aryl methyl sites for hydroxylation is 4. The van der Waals surface area contributed by atoms with Gasteiger partial charge < -0.3 is 5.32 Å². The Morgan fingerprint density at radius 2 is 1.90 bits per heavy atom. The molecule has 29 heavy (non-hydrogen) atoms. The smallest absolute Gasteiger partial charge is 0.263 e. The first kappa shape index (κ1) is 19.8. The Morgan fingerprint density at radius 3 is 2.59 bits per heavy atom. The number of aromatic nitrogens is 2. The summed E-state index contributed by atoms with van der Waals surface area (Å²) in [6.07, 6.45) is 7.45. The van der Waals surface area contributed by atoms with Crippen LogP contribution in [0.4, 0.5) is 5.69 Å². The van der Waals surface area contributed by atoms with E-state index in [4.69, 9.17) is 0 Å².